The average Bonchev–Trinajstić information content (AvgIpc) is 2.48. The minimum Gasteiger partial charge on any atom is -0.490 e. The Morgan fingerprint density at radius 3 is 2.70 bits per heavy atom. The first-order valence-corrected chi connectivity index (χ1v) is 6.09. The summed E-state index contributed by atoms with van der Waals surface area (Å²) in [4.78, 5) is 8.01. The minimum atomic E-state index is -0.215. The Bertz CT molecular complexity index is 578. The lowest BCUT2D eigenvalue weighted by molar-refractivity contribution is 0.414. The maximum Gasteiger partial charge on any atom is 0.205 e. The van der Waals surface area contributed by atoms with E-state index in [2.05, 4.69) is 20.7 Å². The maximum absolute atomic E-state index is 13.5. The number of methoxy groups -OCH3 is 1. The number of nitrogens with one attached hydrogen (secondary N) is 2. The fourth-order valence-corrected chi connectivity index (χ4v) is 1.81. The second-order valence-corrected chi connectivity index (χ2v) is 4.02. The van der Waals surface area contributed by atoms with Crippen LogP contribution in [0.25, 0.3) is 0 Å². The highest BCUT2D eigenvalue weighted by molar-refractivity contribution is 5.63. The lowest BCUT2D eigenvalue weighted by Gasteiger charge is -2.12. The molecule has 0 radical (unpaired) electrons. The number of hydrogen-bond acceptors (Lipinski definition) is 6. The molecule has 0 fully saturated rings. The Kier molecular flexibility index (Phi) is 4.67. The molecule has 0 aliphatic rings. The van der Waals surface area contributed by atoms with Crippen molar-refractivity contribution in [3.63, 3.8) is 0 Å². The maximum atomic E-state index is 13.5. The van der Waals surface area contributed by atoms with E-state index in [1.807, 2.05) is 0 Å². The van der Waals surface area contributed by atoms with Crippen LogP contribution in [0.5, 0.6) is 5.75 Å². The molecule has 0 aliphatic heterocycles. The van der Waals surface area contributed by atoms with Gasteiger partial charge in [-0.15, -0.1) is 0 Å². The highest BCUT2D eigenvalue weighted by Crippen LogP contribution is 2.27. The van der Waals surface area contributed by atoms with Crippen molar-refractivity contribution < 1.29 is 9.13 Å². The summed E-state index contributed by atoms with van der Waals surface area (Å²) in [6, 6.07) is 6.66. The number of anilines is 2. The van der Waals surface area contributed by atoms with Crippen molar-refractivity contribution in [3.8, 4) is 5.75 Å². The zero-order valence-corrected chi connectivity index (χ0v) is 11.1. The van der Waals surface area contributed by atoms with E-state index in [4.69, 9.17) is 10.6 Å². The normalized spacial score (nSPS) is 10.2. The van der Waals surface area contributed by atoms with E-state index in [0.717, 1.165) is 0 Å². The third-order valence-electron chi connectivity index (χ3n) is 2.79. The van der Waals surface area contributed by atoms with Crippen molar-refractivity contribution in [2.75, 3.05) is 24.4 Å². The number of nitrogen functional groups attached to an aromatic ring is 1. The highest BCUT2D eigenvalue weighted by Gasteiger charge is 2.10. The van der Waals surface area contributed by atoms with Crippen molar-refractivity contribution in [2.24, 2.45) is 5.84 Å². The molecule has 2 rings (SSSR count). The van der Waals surface area contributed by atoms with Crippen molar-refractivity contribution >= 4 is 11.6 Å². The fourth-order valence-electron chi connectivity index (χ4n) is 1.81. The Balaban J connectivity index is 2.03. The van der Waals surface area contributed by atoms with E-state index in [1.165, 1.54) is 19.5 Å². The van der Waals surface area contributed by atoms with Crippen molar-refractivity contribution in [1.82, 2.24) is 9.97 Å². The van der Waals surface area contributed by atoms with Gasteiger partial charge in [-0.05, 0) is 18.1 Å². The number of rotatable bonds is 6. The quantitative estimate of drug-likeness (QED) is 0.549. The van der Waals surface area contributed by atoms with Gasteiger partial charge in [0.25, 0.3) is 0 Å². The molecule has 1 heterocycles. The van der Waals surface area contributed by atoms with E-state index >= 15 is 0 Å². The van der Waals surface area contributed by atoms with E-state index < -0.39 is 0 Å². The largest absolute Gasteiger partial charge is 0.490 e. The van der Waals surface area contributed by atoms with Crippen LogP contribution in [0, 0.1) is 5.82 Å². The van der Waals surface area contributed by atoms with Crippen LogP contribution >= 0.6 is 0 Å². The first-order chi connectivity index (χ1) is 9.76. The van der Waals surface area contributed by atoms with Gasteiger partial charge in [0.05, 0.1) is 7.11 Å². The molecule has 1 aromatic heterocycles. The number of hydrazine groups is 1. The highest BCUT2D eigenvalue weighted by atomic mass is 19.1. The third-order valence-corrected chi connectivity index (χ3v) is 2.79. The molecule has 0 saturated heterocycles. The SMILES string of the molecule is COc1c(NN)ncnc1NCCc1ccccc1F. The first kappa shape index (κ1) is 14.0. The summed E-state index contributed by atoms with van der Waals surface area (Å²) in [5.41, 5.74) is 3.07. The molecule has 20 heavy (non-hydrogen) atoms. The van der Waals surface area contributed by atoms with E-state index in [-0.39, 0.29) is 5.82 Å². The summed E-state index contributed by atoms with van der Waals surface area (Å²) in [5.74, 6) is 6.43. The zero-order valence-electron chi connectivity index (χ0n) is 11.1. The van der Waals surface area contributed by atoms with E-state index in [9.17, 15) is 4.39 Å². The molecule has 0 saturated carbocycles. The summed E-state index contributed by atoms with van der Waals surface area (Å²) in [6.07, 6.45) is 1.90. The number of aromatic nitrogens is 2. The number of halogens is 1. The van der Waals surface area contributed by atoms with Crippen LogP contribution in [-0.2, 0) is 6.42 Å². The van der Waals surface area contributed by atoms with Gasteiger partial charge in [0, 0.05) is 6.54 Å². The van der Waals surface area contributed by atoms with Crippen LogP contribution < -0.4 is 21.3 Å². The van der Waals surface area contributed by atoms with Gasteiger partial charge in [-0.25, -0.2) is 20.2 Å². The second-order valence-electron chi connectivity index (χ2n) is 4.02. The molecule has 0 atom stereocenters. The molecule has 6 nitrogen and oxygen atoms in total. The summed E-state index contributed by atoms with van der Waals surface area (Å²) >= 11 is 0. The van der Waals surface area contributed by atoms with Gasteiger partial charge in [-0.1, -0.05) is 18.2 Å². The number of nitrogens with two attached hydrogens (primary N) is 1. The van der Waals surface area contributed by atoms with Crippen LogP contribution in [-0.4, -0.2) is 23.6 Å². The van der Waals surface area contributed by atoms with Gasteiger partial charge in [-0.3, -0.25) is 0 Å². The fraction of sp³-hybridized carbons (Fsp3) is 0.231. The van der Waals surface area contributed by atoms with Crippen LogP contribution in [0.2, 0.25) is 0 Å². The van der Waals surface area contributed by atoms with Gasteiger partial charge in [-0.2, -0.15) is 0 Å². The van der Waals surface area contributed by atoms with Crippen molar-refractivity contribution in [1.29, 1.82) is 0 Å². The zero-order chi connectivity index (χ0) is 14.4. The van der Waals surface area contributed by atoms with Crippen LogP contribution in [0.1, 0.15) is 5.56 Å². The monoisotopic (exact) mass is 277 g/mol. The Morgan fingerprint density at radius 1 is 1.25 bits per heavy atom. The minimum absolute atomic E-state index is 0.215. The van der Waals surface area contributed by atoms with Crippen LogP contribution in [0.4, 0.5) is 16.0 Å². The van der Waals surface area contributed by atoms with Gasteiger partial charge in [0.15, 0.2) is 11.6 Å². The molecule has 7 heteroatoms. The van der Waals surface area contributed by atoms with Crippen molar-refractivity contribution in [3.05, 3.63) is 42.0 Å². The van der Waals surface area contributed by atoms with Crippen molar-refractivity contribution in [2.45, 2.75) is 6.42 Å². The summed E-state index contributed by atoms with van der Waals surface area (Å²) < 4.78 is 18.7. The topological polar surface area (TPSA) is 85.1 Å². The molecule has 0 spiro atoms. The Hall–Kier alpha value is -2.41. The molecule has 106 valence electrons. The lowest BCUT2D eigenvalue weighted by Crippen LogP contribution is -2.13. The Morgan fingerprint density at radius 2 is 2.00 bits per heavy atom. The predicted octanol–water partition coefficient (Wildman–Crippen LogP) is 1.56. The molecular weight excluding hydrogens is 261 g/mol. The standard InChI is InChI=1S/C13H16FN5O/c1-20-11-12(17-8-18-13(11)19-15)16-7-6-9-4-2-3-5-10(9)14/h2-5,8H,6-7,15H2,1H3,(H2,16,17,18,19). The molecule has 0 amide bonds. The summed E-state index contributed by atoms with van der Waals surface area (Å²) in [6.45, 7) is 0.512. The Labute approximate surface area is 116 Å². The molecule has 2 aromatic rings. The summed E-state index contributed by atoms with van der Waals surface area (Å²) in [5, 5.41) is 3.08. The molecule has 0 aliphatic carbocycles. The van der Waals surface area contributed by atoms with E-state index in [1.54, 1.807) is 18.2 Å². The lowest BCUT2D eigenvalue weighted by atomic mass is 10.1. The molecule has 0 bridgehead atoms. The van der Waals surface area contributed by atoms with Gasteiger partial charge in [0.2, 0.25) is 5.75 Å². The molecule has 1 aromatic carbocycles. The van der Waals surface area contributed by atoms with E-state index in [0.29, 0.717) is 35.9 Å². The third kappa shape index (κ3) is 3.12. The predicted molar refractivity (Wildman–Crippen MR) is 75.0 cm³/mol. The average molecular weight is 277 g/mol. The molecule has 0 unspecified atom stereocenters. The number of hydrogen-bond donors (Lipinski definition) is 3. The second kappa shape index (κ2) is 6.67. The van der Waals surface area contributed by atoms with Crippen LogP contribution in [0.15, 0.2) is 30.6 Å². The van der Waals surface area contributed by atoms with Gasteiger partial charge >= 0.3 is 0 Å². The smallest absolute Gasteiger partial charge is 0.205 e. The van der Waals surface area contributed by atoms with Crippen LogP contribution in [0.3, 0.4) is 0 Å². The molecule has 4 N–H and O–H groups in total. The summed E-state index contributed by atoms with van der Waals surface area (Å²) in [7, 11) is 1.50. The van der Waals surface area contributed by atoms with Gasteiger partial charge < -0.3 is 15.5 Å². The molecular formula is C13H16FN5O. The first-order valence-electron chi connectivity index (χ1n) is 6.09. The number of nitrogens with zero attached hydrogens (tertiary/aromatic N) is 2. The number of ether oxygens (including phenoxy) is 1. The number of benzene rings is 1. The van der Waals surface area contributed by atoms with Gasteiger partial charge in [0.1, 0.15) is 12.1 Å².